The van der Waals surface area contributed by atoms with Crippen LogP contribution in [-0.4, -0.2) is 22.6 Å². The first-order valence-electron chi connectivity index (χ1n) is 6.21. The van der Waals surface area contributed by atoms with E-state index in [-0.39, 0.29) is 5.91 Å². The van der Waals surface area contributed by atoms with Gasteiger partial charge in [0.15, 0.2) is 11.6 Å². The second-order valence-corrected chi connectivity index (χ2v) is 4.49. The molecule has 1 aliphatic rings. The van der Waals surface area contributed by atoms with E-state index in [1.807, 2.05) is 18.2 Å². The molecule has 0 saturated heterocycles. The maximum Gasteiger partial charge on any atom is 0.222 e. The van der Waals surface area contributed by atoms with Crippen LogP contribution in [0.15, 0.2) is 36.4 Å². The Morgan fingerprint density at radius 1 is 1.21 bits per heavy atom. The van der Waals surface area contributed by atoms with E-state index in [9.17, 15) is 4.79 Å². The summed E-state index contributed by atoms with van der Waals surface area (Å²) >= 11 is 0. The standard InChI is InChI=1S/C14H14N4O/c1-10(19)15-13-6-7-14(17-16-13)18-9-8-11-4-2-3-5-12(11)18/h2-7H,8-9H2,1H3,(H,15,16,19). The molecule has 19 heavy (non-hydrogen) atoms. The van der Waals surface area contributed by atoms with Gasteiger partial charge in [0.25, 0.3) is 0 Å². The molecule has 0 aliphatic carbocycles. The molecule has 0 spiro atoms. The lowest BCUT2D eigenvalue weighted by molar-refractivity contribution is -0.114. The van der Waals surface area contributed by atoms with E-state index in [1.165, 1.54) is 18.2 Å². The first-order valence-corrected chi connectivity index (χ1v) is 6.21. The number of benzene rings is 1. The Kier molecular flexibility index (Phi) is 2.87. The topological polar surface area (TPSA) is 58.1 Å². The predicted octanol–water partition coefficient (Wildman–Crippen LogP) is 2.13. The molecule has 2 aromatic rings. The molecule has 0 saturated carbocycles. The number of anilines is 3. The molecule has 0 atom stereocenters. The van der Waals surface area contributed by atoms with Gasteiger partial charge in [0, 0.05) is 19.2 Å². The van der Waals surface area contributed by atoms with E-state index in [0.29, 0.717) is 5.82 Å². The predicted molar refractivity (Wildman–Crippen MR) is 73.5 cm³/mol. The molecule has 96 valence electrons. The number of carbonyl (C=O) groups excluding carboxylic acids is 1. The molecule has 0 fully saturated rings. The number of para-hydroxylation sites is 1. The molecule has 1 aromatic heterocycles. The Morgan fingerprint density at radius 3 is 2.79 bits per heavy atom. The fourth-order valence-corrected chi connectivity index (χ4v) is 2.29. The number of rotatable bonds is 2. The number of carbonyl (C=O) groups is 1. The smallest absolute Gasteiger partial charge is 0.222 e. The lowest BCUT2D eigenvalue weighted by Gasteiger charge is -2.17. The third kappa shape index (κ3) is 2.27. The zero-order chi connectivity index (χ0) is 13.2. The number of hydrogen-bond donors (Lipinski definition) is 1. The van der Waals surface area contributed by atoms with E-state index in [1.54, 1.807) is 6.07 Å². The molecule has 2 heterocycles. The molecule has 1 aliphatic heterocycles. The zero-order valence-electron chi connectivity index (χ0n) is 10.6. The highest BCUT2D eigenvalue weighted by Gasteiger charge is 2.20. The van der Waals surface area contributed by atoms with Gasteiger partial charge < -0.3 is 10.2 Å². The summed E-state index contributed by atoms with van der Waals surface area (Å²) in [6.45, 7) is 2.36. The van der Waals surface area contributed by atoms with Gasteiger partial charge in [-0.05, 0) is 30.2 Å². The van der Waals surface area contributed by atoms with Gasteiger partial charge >= 0.3 is 0 Å². The molecule has 0 unspecified atom stereocenters. The Bertz CT molecular complexity index is 609. The average Bonchev–Trinajstić information content (AvgIpc) is 2.83. The fourth-order valence-electron chi connectivity index (χ4n) is 2.29. The minimum absolute atomic E-state index is 0.145. The van der Waals surface area contributed by atoms with Gasteiger partial charge in [-0.25, -0.2) is 0 Å². The van der Waals surface area contributed by atoms with Crippen molar-refractivity contribution in [2.24, 2.45) is 0 Å². The minimum Gasteiger partial charge on any atom is -0.324 e. The Hall–Kier alpha value is -2.43. The summed E-state index contributed by atoms with van der Waals surface area (Å²) in [5, 5.41) is 10.8. The number of amides is 1. The van der Waals surface area contributed by atoms with Gasteiger partial charge in [-0.2, -0.15) is 0 Å². The van der Waals surface area contributed by atoms with Gasteiger partial charge in [0.1, 0.15) is 0 Å². The molecular weight excluding hydrogens is 240 g/mol. The highest BCUT2D eigenvalue weighted by Crippen LogP contribution is 2.32. The van der Waals surface area contributed by atoms with Gasteiger partial charge in [-0.1, -0.05) is 18.2 Å². The highest BCUT2D eigenvalue weighted by atomic mass is 16.1. The fraction of sp³-hybridized carbons (Fsp3) is 0.214. The Balaban J connectivity index is 1.86. The first kappa shape index (κ1) is 11.6. The average molecular weight is 254 g/mol. The molecule has 1 aromatic carbocycles. The second kappa shape index (κ2) is 4.68. The lowest BCUT2D eigenvalue weighted by Crippen LogP contribution is -2.16. The summed E-state index contributed by atoms with van der Waals surface area (Å²) in [5.41, 5.74) is 2.51. The Morgan fingerprint density at radius 2 is 2.05 bits per heavy atom. The zero-order valence-corrected chi connectivity index (χ0v) is 10.6. The third-order valence-electron chi connectivity index (χ3n) is 3.12. The molecule has 5 heteroatoms. The number of aromatic nitrogens is 2. The van der Waals surface area contributed by atoms with Crippen molar-refractivity contribution >= 4 is 23.2 Å². The number of nitrogens with zero attached hydrogens (tertiary/aromatic N) is 3. The second-order valence-electron chi connectivity index (χ2n) is 4.49. The van der Waals surface area contributed by atoms with E-state index < -0.39 is 0 Å². The monoisotopic (exact) mass is 254 g/mol. The molecule has 3 rings (SSSR count). The van der Waals surface area contributed by atoms with Crippen LogP contribution in [0.1, 0.15) is 12.5 Å². The van der Waals surface area contributed by atoms with Gasteiger partial charge in [-0.15, -0.1) is 10.2 Å². The van der Waals surface area contributed by atoms with Crippen molar-refractivity contribution in [1.82, 2.24) is 10.2 Å². The van der Waals surface area contributed by atoms with Crippen LogP contribution in [0.3, 0.4) is 0 Å². The SMILES string of the molecule is CC(=O)Nc1ccc(N2CCc3ccccc32)nn1. The molecule has 0 radical (unpaired) electrons. The van der Waals surface area contributed by atoms with Crippen LogP contribution in [-0.2, 0) is 11.2 Å². The molecule has 0 bridgehead atoms. The van der Waals surface area contributed by atoms with Crippen LogP contribution in [0, 0.1) is 0 Å². The Labute approximate surface area is 111 Å². The summed E-state index contributed by atoms with van der Waals surface area (Å²) < 4.78 is 0. The van der Waals surface area contributed by atoms with Crippen molar-refractivity contribution in [3.8, 4) is 0 Å². The number of hydrogen-bond acceptors (Lipinski definition) is 4. The van der Waals surface area contributed by atoms with Crippen molar-refractivity contribution < 1.29 is 4.79 Å². The van der Waals surface area contributed by atoms with Crippen LogP contribution < -0.4 is 10.2 Å². The molecule has 1 N–H and O–H groups in total. The van der Waals surface area contributed by atoms with E-state index in [2.05, 4.69) is 32.5 Å². The van der Waals surface area contributed by atoms with Gasteiger partial charge in [-0.3, -0.25) is 4.79 Å². The summed E-state index contributed by atoms with van der Waals surface area (Å²) in [7, 11) is 0. The largest absolute Gasteiger partial charge is 0.324 e. The molecule has 1 amide bonds. The van der Waals surface area contributed by atoms with Crippen molar-refractivity contribution in [1.29, 1.82) is 0 Å². The quantitative estimate of drug-likeness (QED) is 0.892. The normalized spacial score (nSPS) is 13.2. The maximum atomic E-state index is 10.9. The van der Waals surface area contributed by atoms with Gasteiger partial charge in [0.05, 0.1) is 0 Å². The van der Waals surface area contributed by atoms with E-state index in [0.717, 1.165) is 18.8 Å². The van der Waals surface area contributed by atoms with Crippen LogP contribution in [0.2, 0.25) is 0 Å². The van der Waals surface area contributed by atoms with E-state index in [4.69, 9.17) is 0 Å². The first-order chi connectivity index (χ1) is 9.24. The highest BCUT2D eigenvalue weighted by molar-refractivity contribution is 5.87. The minimum atomic E-state index is -0.145. The van der Waals surface area contributed by atoms with Crippen LogP contribution in [0.4, 0.5) is 17.3 Å². The lowest BCUT2D eigenvalue weighted by atomic mass is 10.2. The van der Waals surface area contributed by atoms with Crippen molar-refractivity contribution in [2.75, 3.05) is 16.8 Å². The van der Waals surface area contributed by atoms with Crippen molar-refractivity contribution in [2.45, 2.75) is 13.3 Å². The van der Waals surface area contributed by atoms with Crippen molar-refractivity contribution in [3.05, 3.63) is 42.0 Å². The molecular formula is C14H14N4O. The van der Waals surface area contributed by atoms with Crippen molar-refractivity contribution in [3.63, 3.8) is 0 Å². The third-order valence-corrected chi connectivity index (χ3v) is 3.12. The number of nitrogens with one attached hydrogen (secondary N) is 1. The summed E-state index contributed by atoms with van der Waals surface area (Å²) in [4.78, 5) is 13.1. The summed E-state index contributed by atoms with van der Waals surface area (Å²) in [6, 6.07) is 11.9. The van der Waals surface area contributed by atoms with Gasteiger partial charge in [0.2, 0.25) is 5.91 Å². The maximum absolute atomic E-state index is 10.9. The van der Waals surface area contributed by atoms with E-state index >= 15 is 0 Å². The number of fused-ring (bicyclic) bond motifs is 1. The summed E-state index contributed by atoms with van der Waals surface area (Å²) in [6.07, 6.45) is 1.02. The van der Waals surface area contributed by atoms with Crippen LogP contribution >= 0.6 is 0 Å². The molecule has 5 nitrogen and oxygen atoms in total. The van der Waals surface area contributed by atoms with Crippen LogP contribution in [0.25, 0.3) is 0 Å². The van der Waals surface area contributed by atoms with Crippen LogP contribution in [0.5, 0.6) is 0 Å². The summed E-state index contributed by atoms with van der Waals surface area (Å²) in [5.74, 6) is 1.14.